The van der Waals surface area contributed by atoms with Gasteiger partial charge in [0.2, 0.25) is 5.91 Å². The van der Waals surface area contributed by atoms with Crippen molar-refractivity contribution >= 4 is 5.91 Å². The quantitative estimate of drug-likeness (QED) is 0.0642. The summed E-state index contributed by atoms with van der Waals surface area (Å²) in [6.45, 7) is 23.0. The van der Waals surface area contributed by atoms with Crippen LogP contribution in [-0.4, -0.2) is 36.4 Å². The minimum atomic E-state index is -0.259. The Bertz CT molecular complexity index is 788. The predicted molar refractivity (Wildman–Crippen MR) is 230 cm³/mol. The summed E-state index contributed by atoms with van der Waals surface area (Å²) in [5.41, 5.74) is -0.636. The van der Waals surface area contributed by atoms with Crippen molar-refractivity contribution < 1.29 is 14.3 Å². The molecule has 0 saturated carbocycles. The van der Waals surface area contributed by atoms with Gasteiger partial charge in [-0.2, -0.15) is 0 Å². The maximum Gasteiger partial charge on any atom is 0.220 e. The maximum atomic E-state index is 13.6. The number of hydrogen-bond donors (Lipinski definition) is 1. The Morgan fingerprint density at radius 1 is 0.519 bits per heavy atom. The Labute approximate surface area is 328 Å². The zero-order valence-corrected chi connectivity index (χ0v) is 37.7. The van der Waals surface area contributed by atoms with Crippen LogP contribution in [0.5, 0.6) is 0 Å². The lowest BCUT2D eigenvalue weighted by Crippen LogP contribution is -2.47. The van der Waals surface area contributed by atoms with Gasteiger partial charge >= 0.3 is 0 Å². The summed E-state index contributed by atoms with van der Waals surface area (Å²) in [5.74, 6) is 0.764. The van der Waals surface area contributed by atoms with E-state index in [1.54, 1.807) is 7.11 Å². The summed E-state index contributed by atoms with van der Waals surface area (Å²) in [6.07, 6.45) is 39.1. The van der Waals surface area contributed by atoms with Gasteiger partial charge in [-0.3, -0.25) is 4.79 Å². The van der Waals surface area contributed by atoms with E-state index < -0.39 is 0 Å². The molecule has 0 aromatic heterocycles. The molecule has 0 fully saturated rings. The highest BCUT2D eigenvalue weighted by Gasteiger charge is 2.35. The van der Waals surface area contributed by atoms with Gasteiger partial charge in [0.15, 0.2) is 0 Å². The highest BCUT2D eigenvalue weighted by atomic mass is 16.5. The summed E-state index contributed by atoms with van der Waals surface area (Å²) in [7, 11) is 1.77. The zero-order valence-electron chi connectivity index (χ0n) is 37.7. The molecule has 0 atom stereocenters. The molecule has 0 radical (unpaired) electrons. The van der Waals surface area contributed by atoms with Crippen LogP contribution in [0.2, 0.25) is 0 Å². The summed E-state index contributed by atoms with van der Waals surface area (Å²) in [5, 5.41) is 3.50. The number of carbonyl (C=O) groups excluding carboxylic acids is 1. The van der Waals surface area contributed by atoms with Crippen molar-refractivity contribution in [1.82, 2.24) is 5.32 Å². The third kappa shape index (κ3) is 32.8. The lowest BCUT2D eigenvalue weighted by atomic mass is 9.73. The molecule has 0 aromatic carbocycles. The zero-order chi connectivity index (χ0) is 39.2. The van der Waals surface area contributed by atoms with Gasteiger partial charge in [0.1, 0.15) is 0 Å². The van der Waals surface area contributed by atoms with Crippen molar-refractivity contribution in [3.8, 4) is 0 Å². The number of amides is 1. The smallest absolute Gasteiger partial charge is 0.220 e. The third-order valence-corrected chi connectivity index (χ3v) is 11.5. The Kier molecular flexibility index (Phi) is 30.2. The molecule has 4 heteroatoms. The van der Waals surface area contributed by atoms with Crippen LogP contribution in [0, 0.1) is 11.3 Å². The van der Waals surface area contributed by atoms with Crippen LogP contribution in [0.15, 0.2) is 0 Å². The lowest BCUT2D eigenvalue weighted by Gasteiger charge is -2.40. The molecule has 1 N–H and O–H groups in total. The Hall–Kier alpha value is -0.610. The van der Waals surface area contributed by atoms with E-state index in [4.69, 9.17) is 9.47 Å². The number of rotatable bonds is 38. The molecule has 0 bridgehead atoms. The first kappa shape index (κ1) is 51.4. The van der Waals surface area contributed by atoms with E-state index in [2.05, 4.69) is 74.6 Å². The molecule has 312 valence electrons. The molecule has 0 aliphatic carbocycles. The fourth-order valence-electron chi connectivity index (χ4n) is 8.77. The minimum absolute atomic E-state index is 0.0283. The van der Waals surface area contributed by atoms with E-state index in [1.807, 2.05) is 0 Å². The van der Waals surface area contributed by atoms with E-state index in [9.17, 15) is 4.79 Å². The van der Waals surface area contributed by atoms with Gasteiger partial charge in [-0.15, -0.1) is 0 Å². The summed E-state index contributed by atoms with van der Waals surface area (Å²) in [4.78, 5) is 13.6. The van der Waals surface area contributed by atoms with E-state index in [0.29, 0.717) is 18.9 Å². The van der Waals surface area contributed by atoms with Gasteiger partial charge in [-0.1, -0.05) is 182 Å². The highest BCUT2D eigenvalue weighted by Crippen LogP contribution is 2.37. The monoisotopic (exact) mass is 736 g/mol. The van der Waals surface area contributed by atoms with Crippen molar-refractivity contribution in [2.24, 2.45) is 11.3 Å². The van der Waals surface area contributed by atoms with E-state index >= 15 is 0 Å². The van der Waals surface area contributed by atoms with Crippen LogP contribution in [-0.2, 0) is 14.3 Å². The molecule has 0 spiro atoms. The number of nitrogens with one attached hydrogen (secondary N) is 1. The molecule has 0 unspecified atom stereocenters. The Balaban J connectivity index is 4.79. The molecule has 0 rings (SSSR count). The summed E-state index contributed by atoms with van der Waals surface area (Å²) in [6, 6.07) is 0. The second kappa shape index (κ2) is 30.6. The number of unbranched alkanes of at least 4 members (excludes halogenated alkanes) is 22. The fraction of sp³-hybridized carbons (Fsp3) is 0.979. The highest BCUT2D eigenvalue weighted by molar-refractivity contribution is 5.77. The molecule has 4 nitrogen and oxygen atoms in total. The molecule has 0 heterocycles. The van der Waals surface area contributed by atoms with Crippen molar-refractivity contribution in [3.63, 3.8) is 0 Å². The average Bonchev–Trinajstić information content (AvgIpc) is 3.03. The second-order valence-electron chi connectivity index (χ2n) is 19.7. The van der Waals surface area contributed by atoms with E-state index in [-0.39, 0.29) is 28.1 Å². The molecule has 0 aromatic rings. The van der Waals surface area contributed by atoms with Crippen LogP contribution in [0.1, 0.15) is 262 Å². The first-order chi connectivity index (χ1) is 24.6. The van der Waals surface area contributed by atoms with Crippen molar-refractivity contribution in [2.75, 3.05) is 13.7 Å². The van der Waals surface area contributed by atoms with Crippen LogP contribution >= 0.6 is 0 Å². The third-order valence-electron chi connectivity index (χ3n) is 11.5. The van der Waals surface area contributed by atoms with Crippen LogP contribution in [0.3, 0.4) is 0 Å². The minimum Gasteiger partial charge on any atom is -0.379 e. The number of ether oxygens (including phenoxy) is 2. The molecular weight excluding hydrogens is 639 g/mol. The number of carbonyl (C=O) groups is 1. The molecule has 52 heavy (non-hydrogen) atoms. The van der Waals surface area contributed by atoms with Gasteiger partial charge < -0.3 is 14.8 Å². The molecular formula is C48H97NO3. The van der Waals surface area contributed by atoms with Crippen LogP contribution in [0.4, 0.5) is 0 Å². The molecule has 0 aliphatic rings. The molecule has 0 aliphatic heterocycles. The standard InChI is InChI=1S/C48H97NO3/c1-12-14-16-18-20-22-24-26-28-30-32-34-36-43(37-35-33-31-29-27-25-23-21-19-17-15-13-2)40-44(50)49-46(5,6)41-45(3,4)42-48(9,10)52-39-38-47(7,8)51-11/h43H,12-42H2,1-11H3,(H,49,50). The van der Waals surface area contributed by atoms with Gasteiger partial charge in [0.05, 0.1) is 17.8 Å². The van der Waals surface area contributed by atoms with Crippen molar-refractivity contribution in [1.29, 1.82) is 0 Å². The van der Waals surface area contributed by atoms with Crippen molar-refractivity contribution in [2.45, 2.75) is 279 Å². The fourth-order valence-corrected chi connectivity index (χ4v) is 8.77. The Morgan fingerprint density at radius 3 is 1.25 bits per heavy atom. The summed E-state index contributed by atoms with van der Waals surface area (Å²) < 4.78 is 12.0. The first-order valence-electron chi connectivity index (χ1n) is 23.1. The van der Waals surface area contributed by atoms with Gasteiger partial charge in [-0.25, -0.2) is 0 Å². The SMILES string of the molecule is CCCCCCCCCCCCCCC(CCCCCCCCCCCCCC)CC(=O)NC(C)(C)CC(C)(C)CC(C)(C)OCCC(C)(C)OC. The van der Waals surface area contributed by atoms with Crippen molar-refractivity contribution in [3.05, 3.63) is 0 Å². The molecule has 0 saturated heterocycles. The second-order valence-corrected chi connectivity index (χ2v) is 19.7. The van der Waals surface area contributed by atoms with E-state index in [0.717, 1.165) is 19.3 Å². The lowest BCUT2D eigenvalue weighted by molar-refractivity contribution is -0.124. The predicted octanol–water partition coefficient (Wildman–Crippen LogP) is 15.5. The largest absolute Gasteiger partial charge is 0.379 e. The normalized spacial score (nSPS) is 13.0. The van der Waals surface area contributed by atoms with Crippen LogP contribution in [0.25, 0.3) is 0 Å². The van der Waals surface area contributed by atoms with Gasteiger partial charge in [0, 0.05) is 19.1 Å². The van der Waals surface area contributed by atoms with Gasteiger partial charge in [0.25, 0.3) is 0 Å². The van der Waals surface area contributed by atoms with Crippen LogP contribution < -0.4 is 5.32 Å². The maximum absolute atomic E-state index is 13.6. The number of hydrogen-bond acceptors (Lipinski definition) is 3. The average molecular weight is 736 g/mol. The number of methoxy groups -OCH3 is 1. The van der Waals surface area contributed by atoms with Gasteiger partial charge in [-0.05, 0) is 85.0 Å². The molecule has 1 amide bonds. The summed E-state index contributed by atoms with van der Waals surface area (Å²) >= 11 is 0. The topological polar surface area (TPSA) is 47.6 Å². The van der Waals surface area contributed by atoms with E-state index in [1.165, 1.54) is 167 Å². The first-order valence-corrected chi connectivity index (χ1v) is 23.1. The Morgan fingerprint density at radius 2 is 0.885 bits per heavy atom.